The van der Waals surface area contributed by atoms with Crippen molar-refractivity contribution in [2.24, 2.45) is 0 Å². The summed E-state index contributed by atoms with van der Waals surface area (Å²) in [5, 5.41) is 0.284. The maximum absolute atomic E-state index is 12.7. The normalized spacial score (nSPS) is 11.6. The van der Waals surface area contributed by atoms with Crippen molar-refractivity contribution in [2.45, 2.75) is 13.0 Å². The van der Waals surface area contributed by atoms with E-state index < -0.39 is 18.0 Å². The average molecular weight is 398 g/mol. The molecule has 2 aromatic carbocycles. The smallest absolute Gasteiger partial charge is 0.346 e. The van der Waals surface area contributed by atoms with E-state index in [0.717, 1.165) is 0 Å². The van der Waals surface area contributed by atoms with Gasteiger partial charge in [-0.05, 0) is 43.3 Å². The lowest BCUT2D eigenvalue weighted by Gasteiger charge is -2.12. The Balaban J connectivity index is 1.83. The lowest BCUT2D eigenvalue weighted by atomic mass is 10.2. The lowest BCUT2D eigenvalue weighted by molar-refractivity contribution is -0.147. The second-order valence-corrected chi connectivity index (χ2v) is 5.99. The van der Waals surface area contributed by atoms with Crippen LogP contribution in [0.2, 0.25) is 0 Å². The molecule has 0 bridgehead atoms. The highest BCUT2D eigenvalue weighted by Crippen LogP contribution is 2.25. The van der Waals surface area contributed by atoms with Crippen LogP contribution in [0.3, 0.4) is 0 Å². The third-order valence-corrected chi connectivity index (χ3v) is 4.06. The van der Waals surface area contributed by atoms with Crippen LogP contribution < -0.4 is 14.9 Å². The first kappa shape index (κ1) is 19.9. The van der Waals surface area contributed by atoms with Crippen LogP contribution in [0.25, 0.3) is 11.0 Å². The topological polar surface area (TPSA) is 101 Å². The van der Waals surface area contributed by atoms with Crippen LogP contribution in [-0.2, 0) is 14.3 Å². The molecule has 0 aliphatic heterocycles. The minimum absolute atomic E-state index is 0.0140. The molecule has 0 saturated heterocycles. The molecule has 3 aromatic rings. The van der Waals surface area contributed by atoms with Crippen molar-refractivity contribution in [1.29, 1.82) is 0 Å². The number of esters is 2. The fourth-order valence-corrected chi connectivity index (χ4v) is 2.56. The quantitative estimate of drug-likeness (QED) is 0.583. The van der Waals surface area contributed by atoms with Gasteiger partial charge in [0.15, 0.2) is 6.10 Å². The first-order valence-corrected chi connectivity index (χ1v) is 8.59. The Morgan fingerprint density at radius 1 is 0.966 bits per heavy atom. The molecule has 0 aliphatic carbocycles. The molecule has 3 rings (SSSR count). The monoisotopic (exact) mass is 398 g/mol. The van der Waals surface area contributed by atoms with E-state index in [2.05, 4.69) is 9.47 Å². The van der Waals surface area contributed by atoms with Crippen molar-refractivity contribution in [2.75, 3.05) is 14.2 Å². The molecule has 0 N–H and O–H groups in total. The molecule has 0 amide bonds. The Hall–Kier alpha value is -3.81. The molecule has 29 heavy (non-hydrogen) atoms. The Morgan fingerprint density at radius 2 is 1.66 bits per heavy atom. The van der Waals surface area contributed by atoms with Crippen LogP contribution in [0.5, 0.6) is 17.2 Å². The molecule has 0 fully saturated rings. The zero-order valence-electron chi connectivity index (χ0n) is 16.0. The summed E-state index contributed by atoms with van der Waals surface area (Å²) in [4.78, 5) is 35.6. The van der Waals surface area contributed by atoms with Crippen molar-refractivity contribution in [1.82, 2.24) is 0 Å². The molecule has 8 nitrogen and oxygen atoms in total. The number of fused-ring (bicyclic) bond motifs is 1. The molecule has 0 radical (unpaired) electrons. The van der Waals surface area contributed by atoms with Gasteiger partial charge in [-0.3, -0.25) is 4.79 Å². The minimum atomic E-state index is -0.806. The Bertz CT molecular complexity index is 1100. The average Bonchev–Trinajstić information content (AvgIpc) is 2.75. The molecule has 1 heterocycles. The SMILES string of the molecule is COC(=O)c1ccc(Oc2coc3cc(O[C@H](C)C(=O)OC)ccc3c2=O)cc1. The van der Waals surface area contributed by atoms with Gasteiger partial charge in [-0.2, -0.15) is 0 Å². The van der Waals surface area contributed by atoms with E-state index in [1.807, 2.05) is 0 Å². The molecular weight excluding hydrogens is 380 g/mol. The second-order valence-electron chi connectivity index (χ2n) is 5.99. The van der Waals surface area contributed by atoms with Crippen molar-refractivity contribution in [3.8, 4) is 17.2 Å². The van der Waals surface area contributed by atoms with Crippen LogP contribution >= 0.6 is 0 Å². The maximum Gasteiger partial charge on any atom is 0.346 e. The zero-order chi connectivity index (χ0) is 21.0. The fourth-order valence-electron chi connectivity index (χ4n) is 2.56. The van der Waals surface area contributed by atoms with Gasteiger partial charge in [-0.15, -0.1) is 0 Å². The summed E-state index contributed by atoms with van der Waals surface area (Å²) < 4.78 is 25.8. The molecule has 0 unspecified atom stereocenters. The maximum atomic E-state index is 12.7. The standard InChI is InChI=1S/C21H18O8/c1-12(20(23)25-2)28-15-8-9-16-17(10-15)27-11-18(19(16)22)29-14-6-4-13(5-7-14)21(24)26-3/h4-12H,1-3H3/t12-/m1/s1. The molecule has 1 aromatic heterocycles. The molecule has 0 aliphatic rings. The second kappa shape index (κ2) is 8.47. The highest BCUT2D eigenvalue weighted by molar-refractivity contribution is 5.89. The first-order chi connectivity index (χ1) is 13.9. The molecular formula is C21H18O8. The van der Waals surface area contributed by atoms with Crippen LogP contribution in [0.1, 0.15) is 17.3 Å². The number of benzene rings is 2. The molecule has 8 heteroatoms. The van der Waals surface area contributed by atoms with Gasteiger partial charge in [0.05, 0.1) is 25.2 Å². The van der Waals surface area contributed by atoms with Gasteiger partial charge in [-0.25, -0.2) is 9.59 Å². The number of carbonyl (C=O) groups is 2. The lowest BCUT2D eigenvalue weighted by Crippen LogP contribution is -2.24. The van der Waals surface area contributed by atoms with E-state index >= 15 is 0 Å². The largest absolute Gasteiger partial charge is 0.479 e. The van der Waals surface area contributed by atoms with Gasteiger partial charge in [0.1, 0.15) is 23.3 Å². The van der Waals surface area contributed by atoms with E-state index in [1.54, 1.807) is 25.1 Å². The van der Waals surface area contributed by atoms with Crippen LogP contribution in [0.15, 0.2) is 57.9 Å². The number of hydrogen-bond donors (Lipinski definition) is 0. The summed E-state index contributed by atoms with van der Waals surface area (Å²) in [7, 11) is 2.56. The van der Waals surface area contributed by atoms with Crippen LogP contribution in [-0.4, -0.2) is 32.3 Å². The van der Waals surface area contributed by atoms with Crippen molar-refractivity contribution in [3.05, 3.63) is 64.5 Å². The third-order valence-electron chi connectivity index (χ3n) is 4.06. The molecule has 150 valence electrons. The summed E-state index contributed by atoms with van der Waals surface area (Å²) >= 11 is 0. The number of methoxy groups -OCH3 is 2. The predicted octanol–water partition coefficient (Wildman–Crippen LogP) is 3.31. The van der Waals surface area contributed by atoms with E-state index in [9.17, 15) is 14.4 Å². The third kappa shape index (κ3) is 4.37. The van der Waals surface area contributed by atoms with Crippen molar-refractivity contribution in [3.63, 3.8) is 0 Å². The van der Waals surface area contributed by atoms with E-state index in [1.165, 1.54) is 44.7 Å². The van der Waals surface area contributed by atoms with Crippen molar-refractivity contribution >= 4 is 22.9 Å². The minimum Gasteiger partial charge on any atom is -0.479 e. The van der Waals surface area contributed by atoms with Crippen LogP contribution in [0.4, 0.5) is 0 Å². The van der Waals surface area contributed by atoms with Gasteiger partial charge in [-0.1, -0.05) is 0 Å². The van der Waals surface area contributed by atoms with Crippen LogP contribution in [0, 0.1) is 0 Å². The number of hydrogen-bond acceptors (Lipinski definition) is 8. The van der Waals surface area contributed by atoms with Gasteiger partial charge in [0.2, 0.25) is 11.2 Å². The summed E-state index contributed by atoms with van der Waals surface area (Å²) in [5.41, 5.74) is 0.257. The highest BCUT2D eigenvalue weighted by atomic mass is 16.6. The number of ether oxygens (including phenoxy) is 4. The fraction of sp³-hybridized carbons (Fsp3) is 0.190. The number of rotatable bonds is 6. The Kier molecular flexibility index (Phi) is 5.82. The molecule has 1 atom stereocenters. The summed E-state index contributed by atoms with van der Waals surface area (Å²) in [5.74, 6) is -0.295. The summed E-state index contributed by atoms with van der Waals surface area (Å²) in [6, 6.07) is 10.7. The highest BCUT2D eigenvalue weighted by Gasteiger charge is 2.16. The molecule has 0 spiro atoms. The summed E-state index contributed by atoms with van der Waals surface area (Å²) in [6.45, 7) is 1.55. The van der Waals surface area contributed by atoms with Crippen molar-refractivity contribution < 1.29 is 33.0 Å². The number of carbonyl (C=O) groups excluding carboxylic acids is 2. The van der Waals surface area contributed by atoms with Gasteiger partial charge >= 0.3 is 11.9 Å². The van der Waals surface area contributed by atoms with E-state index in [0.29, 0.717) is 17.1 Å². The Labute approximate surface area is 165 Å². The first-order valence-electron chi connectivity index (χ1n) is 8.59. The molecule has 0 saturated carbocycles. The van der Waals surface area contributed by atoms with Gasteiger partial charge in [0, 0.05) is 6.07 Å². The summed E-state index contributed by atoms with van der Waals surface area (Å²) in [6.07, 6.45) is 0.381. The zero-order valence-corrected chi connectivity index (χ0v) is 16.0. The van der Waals surface area contributed by atoms with Gasteiger partial charge < -0.3 is 23.4 Å². The van der Waals surface area contributed by atoms with Gasteiger partial charge in [0.25, 0.3) is 0 Å². The van der Waals surface area contributed by atoms with E-state index in [-0.39, 0.29) is 22.1 Å². The predicted molar refractivity (Wildman–Crippen MR) is 102 cm³/mol. The van der Waals surface area contributed by atoms with E-state index in [4.69, 9.17) is 13.9 Å². The Morgan fingerprint density at radius 3 is 2.31 bits per heavy atom.